The first-order chi connectivity index (χ1) is 15.9. The van der Waals surface area contributed by atoms with Gasteiger partial charge < -0.3 is 19.3 Å². The van der Waals surface area contributed by atoms with Gasteiger partial charge in [-0.05, 0) is 66.3 Å². The van der Waals surface area contributed by atoms with Crippen LogP contribution in [0.4, 0.5) is 4.39 Å². The summed E-state index contributed by atoms with van der Waals surface area (Å²) >= 11 is 0. The molecule has 1 aliphatic rings. The fourth-order valence-electron chi connectivity index (χ4n) is 4.14. The maximum absolute atomic E-state index is 14.3. The first kappa shape index (κ1) is 22.8. The first-order valence-corrected chi connectivity index (χ1v) is 10.9. The SMILES string of the molecule is COC(=O)[C@@H](C)[C@@H](O)c1ccc2c(c1)O[C@H](c1ccc(-c3cc(OC)ccc3F)cc1)CC2. The number of aliphatic hydroxyl groups excluding tert-OH is 1. The van der Waals surface area contributed by atoms with Crippen molar-refractivity contribution in [2.75, 3.05) is 14.2 Å². The Bertz CT molecular complexity index is 1140. The fraction of sp³-hybridized carbons (Fsp3) is 0.296. The number of ether oxygens (including phenoxy) is 3. The van der Waals surface area contributed by atoms with E-state index in [0.29, 0.717) is 22.6 Å². The standard InChI is InChI=1S/C27H27FO5/c1-16(27(30)32-3)26(29)20-9-8-19-10-13-24(33-25(19)14-20)18-6-4-17(5-7-18)22-15-21(31-2)11-12-23(22)28/h4-9,11-12,14-16,24,26,29H,10,13H2,1-3H3/t16-,24-,26+/m0/s1. The lowest BCUT2D eigenvalue weighted by Crippen LogP contribution is -2.21. The van der Waals surface area contributed by atoms with Crippen LogP contribution in [0, 0.1) is 11.7 Å². The molecule has 1 aliphatic heterocycles. The predicted octanol–water partition coefficient (Wildman–Crippen LogP) is 5.41. The van der Waals surface area contributed by atoms with Crippen molar-refractivity contribution in [3.63, 3.8) is 0 Å². The zero-order valence-corrected chi connectivity index (χ0v) is 18.9. The summed E-state index contributed by atoms with van der Waals surface area (Å²) < 4.78 is 30.5. The Hall–Kier alpha value is -3.38. The van der Waals surface area contributed by atoms with E-state index in [1.54, 1.807) is 32.2 Å². The normalized spacial score (nSPS) is 16.8. The molecule has 0 bridgehead atoms. The van der Waals surface area contributed by atoms with Crippen LogP contribution in [0.5, 0.6) is 11.5 Å². The highest BCUT2D eigenvalue weighted by Gasteiger charge is 2.27. The third kappa shape index (κ3) is 4.71. The van der Waals surface area contributed by atoms with E-state index in [1.807, 2.05) is 36.4 Å². The van der Waals surface area contributed by atoms with Gasteiger partial charge in [-0.15, -0.1) is 0 Å². The second-order valence-corrected chi connectivity index (χ2v) is 8.24. The van der Waals surface area contributed by atoms with Crippen molar-refractivity contribution in [3.8, 4) is 22.6 Å². The lowest BCUT2D eigenvalue weighted by atomic mass is 9.92. The average molecular weight is 451 g/mol. The minimum absolute atomic E-state index is 0.160. The molecule has 0 amide bonds. The van der Waals surface area contributed by atoms with Crippen LogP contribution in [0.1, 0.15) is 42.2 Å². The number of methoxy groups -OCH3 is 2. The van der Waals surface area contributed by atoms with Crippen LogP contribution in [0.25, 0.3) is 11.1 Å². The van der Waals surface area contributed by atoms with Gasteiger partial charge in [0.1, 0.15) is 23.4 Å². The molecule has 0 spiro atoms. The molecule has 3 aromatic rings. The second kappa shape index (κ2) is 9.63. The Morgan fingerprint density at radius 1 is 1.09 bits per heavy atom. The van der Waals surface area contributed by atoms with Gasteiger partial charge in [-0.2, -0.15) is 0 Å². The molecule has 1 N–H and O–H groups in total. The van der Waals surface area contributed by atoms with Crippen molar-refractivity contribution in [1.29, 1.82) is 0 Å². The van der Waals surface area contributed by atoms with Crippen molar-refractivity contribution < 1.29 is 28.5 Å². The van der Waals surface area contributed by atoms with Crippen molar-refractivity contribution in [3.05, 3.63) is 83.2 Å². The zero-order valence-electron chi connectivity index (χ0n) is 18.9. The van der Waals surface area contributed by atoms with Gasteiger partial charge in [0.05, 0.1) is 26.2 Å². The molecular formula is C27H27FO5. The highest BCUT2D eigenvalue weighted by Crippen LogP contribution is 2.38. The summed E-state index contributed by atoms with van der Waals surface area (Å²) in [4.78, 5) is 11.8. The molecule has 172 valence electrons. The maximum Gasteiger partial charge on any atom is 0.311 e. The fourth-order valence-corrected chi connectivity index (χ4v) is 4.14. The number of hydrogen-bond donors (Lipinski definition) is 1. The van der Waals surface area contributed by atoms with Gasteiger partial charge in [0.15, 0.2) is 0 Å². The lowest BCUT2D eigenvalue weighted by molar-refractivity contribution is -0.148. The Labute approximate surface area is 192 Å². The Kier molecular flexibility index (Phi) is 6.65. The summed E-state index contributed by atoms with van der Waals surface area (Å²) in [6.07, 6.45) is 0.492. The van der Waals surface area contributed by atoms with Gasteiger partial charge >= 0.3 is 5.97 Å². The minimum atomic E-state index is -0.983. The third-order valence-electron chi connectivity index (χ3n) is 6.19. The lowest BCUT2D eigenvalue weighted by Gasteiger charge is -2.28. The van der Waals surface area contributed by atoms with E-state index in [2.05, 4.69) is 0 Å². The summed E-state index contributed by atoms with van der Waals surface area (Å²) in [5, 5.41) is 10.6. The van der Waals surface area contributed by atoms with E-state index in [9.17, 15) is 14.3 Å². The molecular weight excluding hydrogens is 423 g/mol. The predicted molar refractivity (Wildman–Crippen MR) is 123 cm³/mol. The monoisotopic (exact) mass is 450 g/mol. The second-order valence-electron chi connectivity index (χ2n) is 8.24. The minimum Gasteiger partial charge on any atom is -0.497 e. The third-order valence-corrected chi connectivity index (χ3v) is 6.19. The molecule has 1 heterocycles. The summed E-state index contributed by atoms with van der Waals surface area (Å²) in [6, 6.07) is 17.9. The molecule has 0 saturated heterocycles. The Balaban J connectivity index is 1.53. The van der Waals surface area contributed by atoms with Gasteiger partial charge in [-0.3, -0.25) is 4.79 Å². The molecule has 3 atom stereocenters. The van der Waals surface area contributed by atoms with Crippen molar-refractivity contribution in [2.45, 2.75) is 32.0 Å². The Morgan fingerprint density at radius 3 is 2.55 bits per heavy atom. The molecule has 0 fully saturated rings. The molecule has 3 aromatic carbocycles. The van der Waals surface area contributed by atoms with Gasteiger partial charge in [0.2, 0.25) is 0 Å². The Morgan fingerprint density at radius 2 is 1.85 bits per heavy atom. The van der Waals surface area contributed by atoms with Crippen molar-refractivity contribution in [2.24, 2.45) is 5.92 Å². The summed E-state index contributed by atoms with van der Waals surface area (Å²) in [5.41, 5.74) is 3.89. The van der Waals surface area contributed by atoms with Crippen LogP contribution in [0.2, 0.25) is 0 Å². The molecule has 5 nitrogen and oxygen atoms in total. The van der Waals surface area contributed by atoms with Crippen molar-refractivity contribution >= 4 is 5.97 Å². The van der Waals surface area contributed by atoms with Crippen molar-refractivity contribution in [1.82, 2.24) is 0 Å². The van der Waals surface area contributed by atoms with Crippen LogP contribution in [0.3, 0.4) is 0 Å². The highest BCUT2D eigenvalue weighted by atomic mass is 19.1. The number of carbonyl (C=O) groups excluding carboxylic acids is 1. The number of halogens is 1. The van der Waals surface area contributed by atoms with Crippen LogP contribution in [-0.4, -0.2) is 25.3 Å². The molecule has 6 heteroatoms. The van der Waals surface area contributed by atoms with Crippen LogP contribution >= 0.6 is 0 Å². The smallest absolute Gasteiger partial charge is 0.311 e. The number of fused-ring (bicyclic) bond motifs is 1. The average Bonchev–Trinajstić information content (AvgIpc) is 2.87. The van der Waals surface area contributed by atoms with E-state index in [4.69, 9.17) is 14.2 Å². The summed E-state index contributed by atoms with van der Waals surface area (Å²) in [6.45, 7) is 1.63. The van der Waals surface area contributed by atoms with Gasteiger partial charge in [-0.1, -0.05) is 36.4 Å². The van der Waals surface area contributed by atoms with Crippen LogP contribution < -0.4 is 9.47 Å². The number of carbonyl (C=O) groups is 1. The quantitative estimate of drug-likeness (QED) is 0.509. The molecule has 33 heavy (non-hydrogen) atoms. The number of benzene rings is 3. The molecule has 4 rings (SSSR count). The summed E-state index contributed by atoms with van der Waals surface area (Å²) in [7, 11) is 2.86. The zero-order chi connectivity index (χ0) is 23.5. The number of rotatable bonds is 6. The molecule has 0 aromatic heterocycles. The van der Waals surface area contributed by atoms with Crippen LogP contribution in [0.15, 0.2) is 60.7 Å². The first-order valence-electron chi connectivity index (χ1n) is 10.9. The maximum atomic E-state index is 14.3. The van der Waals surface area contributed by atoms with E-state index in [1.165, 1.54) is 13.2 Å². The number of aliphatic hydroxyl groups is 1. The van der Waals surface area contributed by atoms with Gasteiger partial charge in [0.25, 0.3) is 0 Å². The summed E-state index contributed by atoms with van der Waals surface area (Å²) in [5.74, 6) is -0.160. The largest absolute Gasteiger partial charge is 0.497 e. The van der Waals surface area contributed by atoms with Gasteiger partial charge in [-0.25, -0.2) is 4.39 Å². The molecule has 0 radical (unpaired) electrons. The molecule has 0 unspecified atom stereocenters. The van der Waals surface area contributed by atoms with E-state index in [0.717, 1.165) is 29.5 Å². The van der Waals surface area contributed by atoms with E-state index >= 15 is 0 Å². The highest BCUT2D eigenvalue weighted by molar-refractivity contribution is 5.73. The topological polar surface area (TPSA) is 65.0 Å². The van der Waals surface area contributed by atoms with Gasteiger partial charge in [0, 0.05) is 5.56 Å². The molecule has 0 saturated carbocycles. The molecule has 0 aliphatic carbocycles. The van der Waals surface area contributed by atoms with E-state index in [-0.39, 0.29) is 11.9 Å². The van der Waals surface area contributed by atoms with E-state index < -0.39 is 18.0 Å². The van der Waals surface area contributed by atoms with Crippen LogP contribution in [-0.2, 0) is 16.0 Å². The number of esters is 1. The number of hydrogen-bond acceptors (Lipinski definition) is 5. The number of aryl methyl sites for hydroxylation is 1.